The maximum atomic E-state index is 14.4. The van der Waals surface area contributed by atoms with Gasteiger partial charge >= 0.3 is 0 Å². The van der Waals surface area contributed by atoms with Crippen LogP contribution in [0.2, 0.25) is 0 Å². The van der Waals surface area contributed by atoms with Gasteiger partial charge in [-0.25, -0.2) is 18.2 Å². The molecule has 0 aliphatic carbocycles. The van der Waals surface area contributed by atoms with Gasteiger partial charge in [-0.1, -0.05) is 6.92 Å². The number of nitrogens with one attached hydrogen (secondary N) is 3. The summed E-state index contributed by atoms with van der Waals surface area (Å²) in [5.41, 5.74) is 3.50. The third-order valence-corrected chi connectivity index (χ3v) is 7.25. The summed E-state index contributed by atoms with van der Waals surface area (Å²) in [7, 11) is 0. The van der Waals surface area contributed by atoms with Gasteiger partial charge in [-0.05, 0) is 67.4 Å². The molecule has 6 rings (SSSR count). The van der Waals surface area contributed by atoms with E-state index in [0.717, 1.165) is 56.4 Å². The molecule has 2 aliphatic heterocycles. The SMILES string of the molecule is CCN1CCC(Nc2ccc3c(c2)/C(=C(\c2cc(F)cc(F)c2)c2nc4cc(F)ccc4[nH]2)C(=O)N3)CC1. The second-order valence-electron chi connectivity index (χ2n) is 9.72. The van der Waals surface area contributed by atoms with Gasteiger partial charge in [0, 0.05) is 53.8 Å². The Hall–Kier alpha value is -4.11. The number of fused-ring (bicyclic) bond motifs is 2. The summed E-state index contributed by atoms with van der Waals surface area (Å²) in [5.74, 6) is -2.25. The van der Waals surface area contributed by atoms with Crippen molar-refractivity contribution in [3.8, 4) is 0 Å². The molecule has 0 bridgehead atoms. The highest BCUT2D eigenvalue weighted by Crippen LogP contribution is 2.41. The molecule has 1 saturated heterocycles. The number of imidazole rings is 1. The fourth-order valence-corrected chi connectivity index (χ4v) is 5.33. The zero-order valence-corrected chi connectivity index (χ0v) is 20.7. The number of nitrogens with zero attached hydrogens (tertiary/aromatic N) is 2. The smallest absolute Gasteiger partial charge is 0.257 e. The molecule has 0 saturated carbocycles. The Bertz CT molecular complexity index is 1570. The number of aromatic amines is 1. The van der Waals surface area contributed by atoms with Gasteiger partial charge in [0.15, 0.2) is 0 Å². The highest BCUT2D eigenvalue weighted by molar-refractivity contribution is 6.38. The van der Waals surface area contributed by atoms with E-state index in [-0.39, 0.29) is 22.5 Å². The van der Waals surface area contributed by atoms with Crippen LogP contribution in [-0.2, 0) is 4.79 Å². The minimum Gasteiger partial charge on any atom is -0.382 e. The number of piperidine rings is 1. The average molecular weight is 518 g/mol. The molecule has 0 unspecified atom stereocenters. The second kappa shape index (κ2) is 9.64. The van der Waals surface area contributed by atoms with Crippen LogP contribution in [0.1, 0.15) is 36.7 Å². The van der Waals surface area contributed by atoms with Crippen molar-refractivity contribution >= 4 is 39.5 Å². The molecule has 6 nitrogen and oxygen atoms in total. The summed E-state index contributed by atoms with van der Waals surface area (Å²) in [6.07, 6.45) is 2.02. The summed E-state index contributed by atoms with van der Waals surface area (Å²) in [6.45, 7) is 5.23. The van der Waals surface area contributed by atoms with Crippen LogP contribution in [0.4, 0.5) is 24.5 Å². The van der Waals surface area contributed by atoms with E-state index < -0.39 is 23.4 Å². The molecule has 2 aliphatic rings. The van der Waals surface area contributed by atoms with E-state index >= 15 is 0 Å². The third-order valence-electron chi connectivity index (χ3n) is 7.25. The molecule has 0 radical (unpaired) electrons. The largest absolute Gasteiger partial charge is 0.382 e. The van der Waals surface area contributed by atoms with Crippen molar-refractivity contribution in [2.45, 2.75) is 25.8 Å². The molecule has 1 fully saturated rings. The summed E-state index contributed by atoms with van der Waals surface area (Å²) >= 11 is 0. The highest BCUT2D eigenvalue weighted by Gasteiger charge is 2.31. The molecule has 3 N–H and O–H groups in total. The zero-order valence-electron chi connectivity index (χ0n) is 20.7. The van der Waals surface area contributed by atoms with Crippen molar-refractivity contribution < 1.29 is 18.0 Å². The first-order valence-electron chi connectivity index (χ1n) is 12.7. The lowest BCUT2D eigenvalue weighted by Gasteiger charge is -2.32. The molecule has 0 spiro atoms. The predicted octanol–water partition coefficient (Wildman–Crippen LogP) is 5.79. The van der Waals surface area contributed by atoms with E-state index in [0.29, 0.717) is 28.3 Å². The first kappa shape index (κ1) is 24.2. The average Bonchev–Trinajstić information content (AvgIpc) is 3.44. The Morgan fingerprint density at radius 1 is 1.00 bits per heavy atom. The normalized spacial score (nSPS) is 17.5. The van der Waals surface area contributed by atoms with Gasteiger partial charge in [0.2, 0.25) is 0 Å². The van der Waals surface area contributed by atoms with Crippen LogP contribution < -0.4 is 10.6 Å². The highest BCUT2D eigenvalue weighted by atomic mass is 19.1. The molecule has 3 aromatic carbocycles. The topological polar surface area (TPSA) is 73.0 Å². The Kier molecular flexibility index (Phi) is 6.15. The van der Waals surface area contributed by atoms with Crippen molar-refractivity contribution in [3.63, 3.8) is 0 Å². The van der Waals surface area contributed by atoms with Crippen molar-refractivity contribution in [2.75, 3.05) is 30.3 Å². The van der Waals surface area contributed by atoms with E-state index in [9.17, 15) is 18.0 Å². The van der Waals surface area contributed by atoms with Gasteiger partial charge in [0.1, 0.15) is 23.3 Å². The summed E-state index contributed by atoms with van der Waals surface area (Å²) < 4.78 is 42.6. The van der Waals surface area contributed by atoms with Crippen LogP contribution >= 0.6 is 0 Å². The van der Waals surface area contributed by atoms with E-state index in [1.807, 2.05) is 18.2 Å². The number of amides is 1. The van der Waals surface area contributed by atoms with Gasteiger partial charge in [0.05, 0.1) is 16.6 Å². The van der Waals surface area contributed by atoms with Gasteiger partial charge in [-0.2, -0.15) is 0 Å². The Morgan fingerprint density at radius 3 is 2.50 bits per heavy atom. The van der Waals surface area contributed by atoms with E-state index in [2.05, 4.69) is 32.4 Å². The lowest BCUT2D eigenvalue weighted by atomic mass is 9.94. The fourth-order valence-electron chi connectivity index (χ4n) is 5.33. The van der Waals surface area contributed by atoms with Crippen molar-refractivity contribution in [2.24, 2.45) is 0 Å². The second-order valence-corrected chi connectivity index (χ2v) is 9.72. The number of benzene rings is 3. The summed E-state index contributed by atoms with van der Waals surface area (Å²) in [6, 6.07) is 13.1. The molecule has 4 aromatic rings. The molecule has 194 valence electrons. The minimum absolute atomic E-state index is 0.144. The number of hydrogen-bond acceptors (Lipinski definition) is 4. The Morgan fingerprint density at radius 2 is 1.76 bits per heavy atom. The van der Waals surface area contributed by atoms with Gasteiger partial charge in [-0.3, -0.25) is 4.79 Å². The van der Waals surface area contributed by atoms with E-state index in [4.69, 9.17) is 0 Å². The van der Waals surface area contributed by atoms with Gasteiger partial charge in [0.25, 0.3) is 5.91 Å². The number of rotatable bonds is 5. The molecular formula is C29H26F3N5O. The van der Waals surface area contributed by atoms with Crippen molar-refractivity contribution in [1.29, 1.82) is 0 Å². The molecule has 9 heteroatoms. The standard InChI is InChI=1S/C29H26F3N5O/c1-2-37-9-7-20(8-10-37)33-21-4-6-23-22(15-21)27(29(38)36-23)26(16-11-18(31)13-19(32)12-16)28-34-24-5-3-17(30)14-25(24)35-28/h3-6,11-15,20,33H,2,7-10H2,1H3,(H,34,35)(H,36,38)/b27-26-. The molecule has 1 amide bonds. The van der Waals surface area contributed by atoms with Crippen molar-refractivity contribution in [1.82, 2.24) is 14.9 Å². The number of carbonyl (C=O) groups is 1. The quantitative estimate of drug-likeness (QED) is 0.293. The molecule has 38 heavy (non-hydrogen) atoms. The van der Waals surface area contributed by atoms with Crippen LogP contribution in [0, 0.1) is 17.5 Å². The van der Waals surface area contributed by atoms with Crippen LogP contribution in [0.25, 0.3) is 22.2 Å². The van der Waals surface area contributed by atoms with E-state index in [1.165, 1.54) is 18.2 Å². The fraction of sp³-hybridized carbons (Fsp3) is 0.241. The Labute approximate surface area is 217 Å². The predicted molar refractivity (Wildman–Crippen MR) is 142 cm³/mol. The molecule has 0 atom stereocenters. The Balaban J connectivity index is 1.48. The van der Waals surface area contributed by atoms with Crippen LogP contribution in [0.15, 0.2) is 54.6 Å². The minimum atomic E-state index is -0.785. The zero-order chi connectivity index (χ0) is 26.4. The van der Waals surface area contributed by atoms with Gasteiger partial charge in [-0.15, -0.1) is 0 Å². The summed E-state index contributed by atoms with van der Waals surface area (Å²) in [4.78, 5) is 23.3. The number of halogens is 3. The lowest BCUT2D eigenvalue weighted by molar-refractivity contribution is -0.110. The van der Waals surface area contributed by atoms with E-state index in [1.54, 1.807) is 0 Å². The first-order valence-corrected chi connectivity index (χ1v) is 12.7. The number of anilines is 2. The number of hydrogen-bond donors (Lipinski definition) is 3. The number of likely N-dealkylation sites (tertiary alicyclic amines) is 1. The molecular weight excluding hydrogens is 491 g/mol. The maximum absolute atomic E-state index is 14.4. The third kappa shape index (κ3) is 4.54. The molecule has 1 aromatic heterocycles. The summed E-state index contributed by atoms with van der Waals surface area (Å²) in [5, 5.41) is 6.44. The monoisotopic (exact) mass is 517 g/mol. The molecule has 3 heterocycles. The first-order chi connectivity index (χ1) is 18.4. The van der Waals surface area contributed by atoms with Gasteiger partial charge < -0.3 is 20.5 Å². The number of aromatic nitrogens is 2. The van der Waals surface area contributed by atoms with Crippen LogP contribution in [-0.4, -0.2) is 46.5 Å². The lowest BCUT2D eigenvalue weighted by Crippen LogP contribution is -2.38. The van der Waals surface area contributed by atoms with Crippen molar-refractivity contribution in [3.05, 3.63) is 89.0 Å². The van der Waals surface area contributed by atoms with Crippen LogP contribution in [0.3, 0.4) is 0 Å². The number of H-pyrrole nitrogens is 1. The maximum Gasteiger partial charge on any atom is 0.257 e. The number of carbonyl (C=O) groups excluding carboxylic acids is 1. The van der Waals surface area contributed by atoms with Crippen LogP contribution in [0.5, 0.6) is 0 Å².